The van der Waals surface area contributed by atoms with E-state index >= 15 is 0 Å². The number of anilines is 1. The topological polar surface area (TPSA) is 55.1 Å². The predicted molar refractivity (Wildman–Crippen MR) is 85.6 cm³/mol. The average molecular weight is 284 g/mol. The Labute approximate surface area is 123 Å². The molecule has 1 aliphatic carbocycles. The second kappa shape index (κ2) is 4.87. The number of hydrogen-bond donors (Lipinski definition) is 2. The number of rotatable bonds is 3. The van der Waals surface area contributed by atoms with Gasteiger partial charge in [-0.1, -0.05) is 49.0 Å². The smallest absolute Gasteiger partial charge is 0.237 e. The van der Waals surface area contributed by atoms with E-state index in [1.165, 1.54) is 0 Å². The minimum absolute atomic E-state index is 0.0773. The summed E-state index contributed by atoms with van der Waals surface area (Å²) in [6.07, 6.45) is 2.51. The molecule has 2 aromatic rings. The zero-order valence-electron chi connectivity index (χ0n) is 11.1. The molecule has 102 valence electrons. The van der Waals surface area contributed by atoms with Gasteiger partial charge in [-0.05, 0) is 35.7 Å². The normalized spacial score (nSPS) is 16.4. The van der Waals surface area contributed by atoms with Crippen molar-refractivity contribution < 1.29 is 4.79 Å². The third-order valence-corrected chi connectivity index (χ3v) is 4.51. The summed E-state index contributed by atoms with van der Waals surface area (Å²) in [7, 11) is 0. The minimum atomic E-state index is -0.638. The summed E-state index contributed by atoms with van der Waals surface area (Å²) in [5.74, 6) is -0.0773. The van der Waals surface area contributed by atoms with Crippen molar-refractivity contribution in [3.05, 3.63) is 42.5 Å². The quantitative estimate of drug-likeness (QED) is 0.851. The van der Waals surface area contributed by atoms with Crippen molar-refractivity contribution in [1.29, 1.82) is 0 Å². The van der Waals surface area contributed by atoms with Crippen molar-refractivity contribution in [3.8, 4) is 0 Å². The first-order chi connectivity index (χ1) is 9.62. The van der Waals surface area contributed by atoms with E-state index in [0.29, 0.717) is 4.99 Å². The van der Waals surface area contributed by atoms with Gasteiger partial charge in [0.05, 0.1) is 10.4 Å². The summed E-state index contributed by atoms with van der Waals surface area (Å²) >= 11 is 5.07. The molecular weight excluding hydrogens is 268 g/mol. The summed E-state index contributed by atoms with van der Waals surface area (Å²) in [5, 5.41) is 5.20. The highest BCUT2D eigenvalue weighted by Gasteiger charge is 2.46. The Morgan fingerprint density at radius 3 is 2.45 bits per heavy atom. The third-order valence-electron chi connectivity index (χ3n) is 4.12. The third kappa shape index (κ3) is 2.06. The van der Waals surface area contributed by atoms with E-state index in [1.54, 1.807) is 0 Å². The first kappa shape index (κ1) is 13.1. The fourth-order valence-corrected chi connectivity index (χ4v) is 2.93. The summed E-state index contributed by atoms with van der Waals surface area (Å²) in [6.45, 7) is 0. The van der Waals surface area contributed by atoms with Gasteiger partial charge >= 0.3 is 0 Å². The number of nitrogens with one attached hydrogen (secondary N) is 1. The lowest BCUT2D eigenvalue weighted by Gasteiger charge is -2.39. The molecule has 1 saturated carbocycles. The molecule has 0 unspecified atom stereocenters. The summed E-state index contributed by atoms with van der Waals surface area (Å²) in [6, 6.07) is 13.9. The van der Waals surface area contributed by atoms with Crippen molar-refractivity contribution in [2.45, 2.75) is 19.3 Å². The summed E-state index contributed by atoms with van der Waals surface area (Å²) in [4.78, 5) is 12.7. The Bertz CT molecular complexity index is 692. The highest BCUT2D eigenvalue weighted by Crippen LogP contribution is 2.42. The van der Waals surface area contributed by atoms with E-state index in [0.717, 1.165) is 35.7 Å². The van der Waals surface area contributed by atoms with Crippen molar-refractivity contribution in [2.75, 3.05) is 5.32 Å². The Kier molecular flexibility index (Phi) is 3.18. The molecule has 0 aliphatic heterocycles. The minimum Gasteiger partial charge on any atom is -0.392 e. The number of amides is 1. The second-order valence-electron chi connectivity index (χ2n) is 5.32. The molecule has 0 radical (unpaired) electrons. The van der Waals surface area contributed by atoms with Gasteiger partial charge in [-0.3, -0.25) is 4.79 Å². The van der Waals surface area contributed by atoms with Crippen LogP contribution in [0.3, 0.4) is 0 Å². The number of carbonyl (C=O) groups is 1. The Hall–Kier alpha value is -1.94. The number of nitrogens with two attached hydrogens (primary N) is 1. The average Bonchev–Trinajstić information content (AvgIpc) is 2.36. The van der Waals surface area contributed by atoms with E-state index in [1.807, 2.05) is 42.5 Å². The monoisotopic (exact) mass is 284 g/mol. The molecule has 1 fully saturated rings. The number of hydrogen-bond acceptors (Lipinski definition) is 2. The zero-order chi connectivity index (χ0) is 14.2. The molecule has 0 saturated heterocycles. The van der Waals surface area contributed by atoms with Gasteiger partial charge in [0.15, 0.2) is 0 Å². The van der Waals surface area contributed by atoms with Crippen molar-refractivity contribution in [1.82, 2.24) is 0 Å². The Balaban J connectivity index is 1.86. The lowest BCUT2D eigenvalue weighted by Crippen LogP contribution is -2.50. The molecule has 3 rings (SSSR count). The molecule has 1 aliphatic rings. The SMILES string of the molecule is NC(=S)C1(C(=O)Nc2ccc3ccccc3c2)CCC1. The fourth-order valence-electron chi connectivity index (χ4n) is 2.63. The van der Waals surface area contributed by atoms with Gasteiger partial charge in [0, 0.05) is 5.69 Å². The van der Waals surface area contributed by atoms with Crippen molar-refractivity contribution in [3.63, 3.8) is 0 Å². The van der Waals surface area contributed by atoms with Crippen LogP contribution in [0, 0.1) is 5.41 Å². The van der Waals surface area contributed by atoms with Crippen molar-refractivity contribution in [2.24, 2.45) is 11.1 Å². The van der Waals surface area contributed by atoms with Crippen LogP contribution in [0.25, 0.3) is 10.8 Å². The molecule has 0 aromatic heterocycles. The molecule has 3 nitrogen and oxygen atoms in total. The standard InChI is InChI=1S/C16H16N2OS/c17-14(20)16(8-3-9-16)15(19)18-13-7-6-11-4-1-2-5-12(11)10-13/h1-2,4-7,10H,3,8-9H2,(H2,17,20)(H,18,19). The van der Waals surface area contributed by atoms with E-state index in [-0.39, 0.29) is 5.91 Å². The van der Waals surface area contributed by atoms with Crippen LogP contribution in [0.5, 0.6) is 0 Å². The van der Waals surface area contributed by atoms with Crippen LogP contribution < -0.4 is 11.1 Å². The number of benzene rings is 2. The molecule has 0 heterocycles. The van der Waals surface area contributed by atoms with Crippen LogP contribution in [0.1, 0.15) is 19.3 Å². The van der Waals surface area contributed by atoms with Gasteiger partial charge in [0.2, 0.25) is 5.91 Å². The van der Waals surface area contributed by atoms with Crippen LogP contribution in [-0.4, -0.2) is 10.9 Å². The maximum absolute atomic E-state index is 12.4. The Morgan fingerprint density at radius 1 is 1.15 bits per heavy atom. The van der Waals surface area contributed by atoms with Gasteiger partial charge in [-0.2, -0.15) is 0 Å². The highest BCUT2D eigenvalue weighted by molar-refractivity contribution is 7.80. The molecule has 0 bridgehead atoms. The van der Waals surface area contributed by atoms with Crippen LogP contribution in [0.2, 0.25) is 0 Å². The summed E-state index contributed by atoms with van der Waals surface area (Å²) < 4.78 is 0. The van der Waals surface area contributed by atoms with Gasteiger partial charge in [0.1, 0.15) is 0 Å². The number of thiocarbonyl (C=S) groups is 1. The summed E-state index contributed by atoms with van der Waals surface area (Å²) in [5.41, 5.74) is 5.90. The van der Waals surface area contributed by atoms with E-state index in [2.05, 4.69) is 5.32 Å². The number of fused-ring (bicyclic) bond motifs is 1. The first-order valence-electron chi connectivity index (χ1n) is 6.72. The zero-order valence-corrected chi connectivity index (χ0v) is 11.9. The van der Waals surface area contributed by atoms with Crippen LogP contribution >= 0.6 is 12.2 Å². The van der Waals surface area contributed by atoms with Gasteiger partial charge < -0.3 is 11.1 Å². The molecule has 1 amide bonds. The second-order valence-corrected chi connectivity index (χ2v) is 5.76. The van der Waals surface area contributed by atoms with Gasteiger partial charge in [-0.15, -0.1) is 0 Å². The first-order valence-corrected chi connectivity index (χ1v) is 7.13. The van der Waals surface area contributed by atoms with Crippen LogP contribution in [0.4, 0.5) is 5.69 Å². The van der Waals surface area contributed by atoms with Crippen LogP contribution in [-0.2, 0) is 4.79 Å². The lowest BCUT2D eigenvalue weighted by molar-refractivity contribution is -0.125. The molecule has 20 heavy (non-hydrogen) atoms. The highest BCUT2D eigenvalue weighted by atomic mass is 32.1. The predicted octanol–water partition coefficient (Wildman–Crippen LogP) is 3.23. The van der Waals surface area contributed by atoms with E-state index in [9.17, 15) is 4.79 Å². The molecule has 0 atom stereocenters. The molecule has 2 aromatic carbocycles. The van der Waals surface area contributed by atoms with Gasteiger partial charge in [-0.25, -0.2) is 0 Å². The van der Waals surface area contributed by atoms with Crippen molar-refractivity contribution >= 4 is 39.6 Å². The van der Waals surface area contributed by atoms with Gasteiger partial charge in [0.25, 0.3) is 0 Å². The van der Waals surface area contributed by atoms with Crippen LogP contribution in [0.15, 0.2) is 42.5 Å². The Morgan fingerprint density at radius 2 is 1.85 bits per heavy atom. The molecular formula is C16H16N2OS. The maximum atomic E-state index is 12.4. The lowest BCUT2D eigenvalue weighted by atomic mass is 9.68. The number of carbonyl (C=O) groups excluding carboxylic acids is 1. The molecule has 3 N–H and O–H groups in total. The maximum Gasteiger partial charge on any atom is 0.237 e. The molecule has 0 spiro atoms. The largest absolute Gasteiger partial charge is 0.392 e. The molecule has 4 heteroatoms. The fraction of sp³-hybridized carbons (Fsp3) is 0.250. The van der Waals surface area contributed by atoms with E-state index in [4.69, 9.17) is 18.0 Å². The van der Waals surface area contributed by atoms with E-state index < -0.39 is 5.41 Å².